The summed E-state index contributed by atoms with van der Waals surface area (Å²) in [5.41, 5.74) is 1.04. The Kier molecular flexibility index (Phi) is 7.86. The van der Waals surface area contributed by atoms with Crippen LogP contribution in [-0.4, -0.2) is 40.1 Å². The molecule has 2 amide bonds. The molecule has 2 aliphatic heterocycles. The van der Waals surface area contributed by atoms with Crippen LogP contribution in [0.15, 0.2) is 85.6 Å². The molecule has 2 atom stereocenters. The topological polar surface area (TPSA) is 60.9 Å². The third-order valence-corrected chi connectivity index (χ3v) is 7.58. The summed E-state index contributed by atoms with van der Waals surface area (Å²) in [6.07, 6.45) is 11.3. The number of carbonyl (C=O) groups is 2. The number of rotatable bonds is 9. The van der Waals surface area contributed by atoms with Gasteiger partial charge >= 0.3 is 0 Å². The normalized spacial score (nSPS) is 25.3. The lowest BCUT2D eigenvalue weighted by molar-refractivity contribution is -0.185. The first-order chi connectivity index (χ1) is 17.0. The number of hydrogen-bond donors (Lipinski definition) is 1. The molecule has 0 bridgehead atoms. The summed E-state index contributed by atoms with van der Waals surface area (Å²) < 4.78 is 0. The Labute approximate surface area is 208 Å². The molecule has 184 valence electrons. The van der Waals surface area contributed by atoms with Gasteiger partial charge < -0.3 is 4.90 Å². The molecule has 2 aliphatic rings. The van der Waals surface area contributed by atoms with Crippen molar-refractivity contribution in [3.63, 3.8) is 0 Å². The number of benzene rings is 2. The predicted octanol–water partition coefficient (Wildman–Crippen LogP) is 5.56. The minimum Gasteiger partial charge on any atom is -0.319 e. The molecule has 2 aromatic carbocycles. The number of likely N-dealkylation sites (tertiary alicyclic amines) is 1. The van der Waals surface area contributed by atoms with Gasteiger partial charge in [-0.05, 0) is 62.5 Å². The molecule has 5 heteroatoms. The van der Waals surface area contributed by atoms with Crippen LogP contribution in [0.2, 0.25) is 0 Å². The van der Waals surface area contributed by atoms with E-state index in [2.05, 4.69) is 18.7 Å². The molecule has 0 unspecified atom stereocenters. The van der Waals surface area contributed by atoms with E-state index >= 15 is 0 Å². The first-order valence-corrected chi connectivity index (χ1v) is 12.7. The fourth-order valence-corrected chi connectivity index (χ4v) is 5.80. The van der Waals surface area contributed by atoms with Gasteiger partial charge in [0.25, 0.3) is 5.91 Å². The van der Waals surface area contributed by atoms with E-state index in [1.807, 2.05) is 71.8 Å². The Hall–Kier alpha value is -3.18. The maximum Gasteiger partial charge on any atom is 0.252 e. The maximum absolute atomic E-state index is 13.7. The molecule has 0 aromatic heterocycles. The van der Waals surface area contributed by atoms with Gasteiger partial charge in [-0.1, -0.05) is 72.8 Å². The summed E-state index contributed by atoms with van der Waals surface area (Å²) in [4.78, 5) is 28.7. The standard InChI is InChI=1S/C30H36N2O3/c1-2-16-29(23-25-12-5-3-6-13-25)17-9-20-31(27(29)33)21-10-18-30(19-11-22-32(35)28(30)34)24-26-14-7-4-8-15-26/h2-8,10,12-15,21,35H,1,9,11,16-20,22-24H2/b21-10+/t29-,30-/m1/s1. The first-order valence-electron chi connectivity index (χ1n) is 12.7. The molecule has 5 nitrogen and oxygen atoms in total. The second-order valence-electron chi connectivity index (χ2n) is 10.1. The second kappa shape index (κ2) is 11.0. The largest absolute Gasteiger partial charge is 0.319 e. The smallest absolute Gasteiger partial charge is 0.252 e. The van der Waals surface area contributed by atoms with E-state index in [-0.39, 0.29) is 11.8 Å². The van der Waals surface area contributed by atoms with Gasteiger partial charge in [0, 0.05) is 19.3 Å². The highest BCUT2D eigenvalue weighted by atomic mass is 16.5. The lowest BCUT2D eigenvalue weighted by atomic mass is 9.71. The number of nitrogens with zero attached hydrogens (tertiary/aromatic N) is 2. The van der Waals surface area contributed by atoms with Gasteiger partial charge in [0.05, 0.1) is 10.8 Å². The van der Waals surface area contributed by atoms with Crippen molar-refractivity contribution in [1.82, 2.24) is 9.96 Å². The van der Waals surface area contributed by atoms with Crippen molar-refractivity contribution in [1.29, 1.82) is 0 Å². The van der Waals surface area contributed by atoms with Gasteiger partial charge in [0.15, 0.2) is 0 Å². The molecule has 1 N–H and O–H groups in total. The van der Waals surface area contributed by atoms with Gasteiger partial charge in [-0.25, -0.2) is 5.06 Å². The summed E-state index contributed by atoms with van der Waals surface area (Å²) >= 11 is 0. The van der Waals surface area contributed by atoms with Crippen LogP contribution in [0.4, 0.5) is 0 Å². The minimum atomic E-state index is -0.702. The van der Waals surface area contributed by atoms with Crippen LogP contribution >= 0.6 is 0 Å². The van der Waals surface area contributed by atoms with Crippen LogP contribution in [0.3, 0.4) is 0 Å². The molecular formula is C30H36N2O3. The predicted molar refractivity (Wildman–Crippen MR) is 137 cm³/mol. The van der Waals surface area contributed by atoms with Gasteiger partial charge in [0.2, 0.25) is 5.91 Å². The van der Waals surface area contributed by atoms with E-state index < -0.39 is 10.8 Å². The zero-order valence-corrected chi connectivity index (χ0v) is 20.4. The Morgan fingerprint density at radius 2 is 1.34 bits per heavy atom. The van der Waals surface area contributed by atoms with Crippen molar-refractivity contribution < 1.29 is 14.8 Å². The molecule has 2 saturated heterocycles. The molecule has 4 rings (SSSR count). The summed E-state index contributed by atoms with van der Waals surface area (Å²) in [5.74, 6) is -0.105. The number of allylic oxidation sites excluding steroid dienone is 2. The number of carbonyl (C=O) groups excluding carboxylic acids is 2. The van der Waals surface area contributed by atoms with Gasteiger partial charge in [-0.2, -0.15) is 0 Å². The maximum atomic E-state index is 13.7. The van der Waals surface area contributed by atoms with E-state index in [9.17, 15) is 14.8 Å². The minimum absolute atomic E-state index is 0.125. The van der Waals surface area contributed by atoms with Crippen LogP contribution in [0.25, 0.3) is 0 Å². The Bertz CT molecular complexity index is 1050. The SMILES string of the molecule is C=CC[C@]1(Cc2ccccc2)CCCN(/C=C/C[C@]2(Cc3ccccc3)CCCN(O)C2=O)C1=O. The summed E-state index contributed by atoms with van der Waals surface area (Å²) in [6.45, 7) is 4.98. The highest BCUT2D eigenvalue weighted by Crippen LogP contribution is 2.40. The average Bonchev–Trinajstić information content (AvgIpc) is 2.86. The Morgan fingerprint density at radius 1 is 0.800 bits per heavy atom. The van der Waals surface area contributed by atoms with Crippen LogP contribution in [-0.2, 0) is 22.4 Å². The van der Waals surface area contributed by atoms with E-state index in [1.54, 1.807) is 0 Å². The van der Waals surface area contributed by atoms with Crippen LogP contribution < -0.4 is 0 Å². The number of hydroxylamine groups is 2. The number of piperidine rings is 2. The molecular weight excluding hydrogens is 436 g/mol. The van der Waals surface area contributed by atoms with E-state index in [4.69, 9.17) is 0 Å². The monoisotopic (exact) mass is 472 g/mol. The third kappa shape index (κ3) is 5.57. The average molecular weight is 473 g/mol. The second-order valence-corrected chi connectivity index (χ2v) is 10.1. The molecule has 0 aliphatic carbocycles. The lowest BCUT2D eigenvalue weighted by Crippen LogP contribution is -2.48. The highest BCUT2D eigenvalue weighted by Gasteiger charge is 2.44. The van der Waals surface area contributed by atoms with Gasteiger partial charge in [0.1, 0.15) is 0 Å². The summed E-state index contributed by atoms with van der Waals surface area (Å²) in [7, 11) is 0. The quantitative estimate of drug-likeness (QED) is 0.384. The summed E-state index contributed by atoms with van der Waals surface area (Å²) in [6, 6.07) is 20.1. The van der Waals surface area contributed by atoms with Crippen molar-refractivity contribution in [3.05, 3.63) is 96.7 Å². The third-order valence-electron chi connectivity index (χ3n) is 7.58. The fourth-order valence-electron chi connectivity index (χ4n) is 5.80. The van der Waals surface area contributed by atoms with Crippen LogP contribution in [0.1, 0.15) is 49.7 Å². The van der Waals surface area contributed by atoms with Crippen molar-refractivity contribution in [2.45, 2.75) is 51.4 Å². The zero-order valence-electron chi connectivity index (χ0n) is 20.4. The van der Waals surface area contributed by atoms with Crippen LogP contribution in [0.5, 0.6) is 0 Å². The molecule has 2 aromatic rings. The van der Waals surface area contributed by atoms with E-state index in [0.29, 0.717) is 45.2 Å². The molecule has 2 fully saturated rings. The molecule has 0 radical (unpaired) electrons. The Morgan fingerprint density at radius 3 is 1.91 bits per heavy atom. The summed E-state index contributed by atoms with van der Waals surface area (Å²) in [5, 5.41) is 11.1. The van der Waals surface area contributed by atoms with Gasteiger partial charge in [-0.15, -0.1) is 6.58 Å². The molecule has 35 heavy (non-hydrogen) atoms. The van der Waals surface area contributed by atoms with E-state index in [0.717, 1.165) is 35.5 Å². The Balaban J connectivity index is 1.53. The van der Waals surface area contributed by atoms with Crippen molar-refractivity contribution in [3.8, 4) is 0 Å². The number of hydrogen-bond acceptors (Lipinski definition) is 3. The molecule has 0 saturated carbocycles. The van der Waals surface area contributed by atoms with Crippen molar-refractivity contribution in [2.24, 2.45) is 10.8 Å². The fraction of sp³-hybridized carbons (Fsp3) is 0.400. The number of amides is 2. The first kappa shape index (κ1) is 24.9. The van der Waals surface area contributed by atoms with Gasteiger partial charge in [-0.3, -0.25) is 14.8 Å². The van der Waals surface area contributed by atoms with Crippen molar-refractivity contribution in [2.75, 3.05) is 13.1 Å². The molecule has 2 heterocycles. The lowest BCUT2D eigenvalue weighted by Gasteiger charge is -2.41. The van der Waals surface area contributed by atoms with Crippen molar-refractivity contribution >= 4 is 11.8 Å². The molecule has 0 spiro atoms. The van der Waals surface area contributed by atoms with Crippen LogP contribution in [0, 0.1) is 10.8 Å². The zero-order chi connectivity index (χ0) is 24.7. The van der Waals surface area contributed by atoms with E-state index in [1.165, 1.54) is 0 Å². The highest BCUT2D eigenvalue weighted by molar-refractivity contribution is 5.85.